The van der Waals surface area contributed by atoms with Crippen molar-refractivity contribution in [1.29, 1.82) is 0 Å². The Morgan fingerprint density at radius 2 is 1.43 bits per heavy atom. The standard InChI is InChI=1S/C21H23/c1-3-11-19(12-4-1)21(20-13-5-2-6-14-20)15-17-9-7-8-10-18(17)16-21/h5-10,13-14,19H,1,3-4,11-12,15-16H2. The molecule has 0 heterocycles. The Hall–Kier alpha value is -1.56. The highest BCUT2D eigenvalue weighted by Gasteiger charge is 2.44. The molecule has 0 bridgehead atoms. The van der Waals surface area contributed by atoms with Gasteiger partial charge < -0.3 is 0 Å². The molecular formula is C21H23. The van der Waals surface area contributed by atoms with Crippen LogP contribution in [0.5, 0.6) is 0 Å². The summed E-state index contributed by atoms with van der Waals surface area (Å²) >= 11 is 0. The minimum Gasteiger partial charge on any atom is -0.0620 e. The van der Waals surface area contributed by atoms with E-state index in [1.165, 1.54) is 44.9 Å². The maximum absolute atomic E-state index is 3.20. The molecule has 2 aromatic rings. The summed E-state index contributed by atoms with van der Waals surface area (Å²) in [5.41, 5.74) is 5.05. The molecule has 0 unspecified atom stereocenters. The first-order valence-corrected chi connectivity index (χ1v) is 8.42. The third-order valence-corrected chi connectivity index (χ3v) is 5.81. The van der Waals surface area contributed by atoms with Crippen molar-refractivity contribution in [1.82, 2.24) is 0 Å². The fourth-order valence-corrected chi connectivity index (χ4v) is 4.75. The van der Waals surface area contributed by atoms with Gasteiger partial charge >= 0.3 is 0 Å². The van der Waals surface area contributed by atoms with Crippen LogP contribution < -0.4 is 0 Å². The molecule has 2 aromatic carbocycles. The van der Waals surface area contributed by atoms with Gasteiger partial charge in [0.2, 0.25) is 0 Å². The minimum atomic E-state index is 0.346. The topological polar surface area (TPSA) is 0 Å². The Morgan fingerprint density at radius 3 is 2.05 bits per heavy atom. The highest BCUT2D eigenvalue weighted by molar-refractivity contribution is 5.42. The zero-order valence-electron chi connectivity index (χ0n) is 12.6. The maximum Gasteiger partial charge on any atom is 0.00620 e. The molecular weight excluding hydrogens is 252 g/mol. The normalized spacial score (nSPS) is 21.1. The van der Waals surface area contributed by atoms with E-state index >= 15 is 0 Å². The predicted molar refractivity (Wildman–Crippen MR) is 87.4 cm³/mol. The van der Waals surface area contributed by atoms with Gasteiger partial charge in [-0.25, -0.2) is 0 Å². The summed E-state index contributed by atoms with van der Waals surface area (Å²) in [5, 5.41) is 0. The van der Waals surface area contributed by atoms with Crippen molar-refractivity contribution in [2.24, 2.45) is 5.92 Å². The fraction of sp³-hybridized carbons (Fsp3) is 0.429. The maximum atomic E-state index is 3.20. The van der Waals surface area contributed by atoms with Crippen molar-refractivity contribution in [2.45, 2.75) is 50.4 Å². The van der Waals surface area contributed by atoms with Crippen LogP contribution in [0.2, 0.25) is 0 Å². The molecule has 1 saturated carbocycles. The Balaban J connectivity index is 1.78. The predicted octanol–water partition coefficient (Wildman–Crippen LogP) is 5.10. The molecule has 0 saturated heterocycles. The molecule has 4 rings (SSSR count). The Morgan fingerprint density at radius 1 is 0.810 bits per heavy atom. The molecule has 1 radical (unpaired) electrons. The fourth-order valence-electron chi connectivity index (χ4n) is 4.75. The summed E-state index contributed by atoms with van der Waals surface area (Å²) in [6.45, 7) is 0. The van der Waals surface area contributed by atoms with Crippen molar-refractivity contribution in [3.63, 3.8) is 0 Å². The van der Waals surface area contributed by atoms with E-state index in [4.69, 9.17) is 0 Å². The summed E-state index contributed by atoms with van der Waals surface area (Å²) in [4.78, 5) is 0. The van der Waals surface area contributed by atoms with Crippen LogP contribution in [-0.4, -0.2) is 0 Å². The first-order valence-electron chi connectivity index (χ1n) is 8.42. The third-order valence-electron chi connectivity index (χ3n) is 5.81. The van der Waals surface area contributed by atoms with Gasteiger partial charge in [-0.15, -0.1) is 0 Å². The second kappa shape index (κ2) is 5.33. The van der Waals surface area contributed by atoms with Crippen molar-refractivity contribution in [3.05, 3.63) is 71.3 Å². The molecule has 0 spiro atoms. The van der Waals surface area contributed by atoms with E-state index in [2.05, 4.69) is 54.6 Å². The number of fused-ring (bicyclic) bond motifs is 1. The Labute approximate surface area is 128 Å². The molecule has 0 N–H and O–H groups in total. The van der Waals surface area contributed by atoms with Gasteiger partial charge in [0.05, 0.1) is 0 Å². The van der Waals surface area contributed by atoms with Crippen molar-refractivity contribution in [2.75, 3.05) is 0 Å². The molecule has 0 aromatic heterocycles. The quantitative estimate of drug-likeness (QED) is 0.715. The second-order valence-corrected chi connectivity index (χ2v) is 6.90. The zero-order chi connectivity index (χ0) is 14.1. The summed E-state index contributed by atoms with van der Waals surface area (Å²) in [5.74, 6) is 0.848. The SMILES string of the molecule is [c]1ccc(C2(C3CCCCC3)Cc3ccccc3C2)cc1. The molecule has 2 aliphatic carbocycles. The monoisotopic (exact) mass is 275 g/mol. The number of hydrogen-bond acceptors (Lipinski definition) is 0. The van der Waals surface area contributed by atoms with Crippen LogP contribution in [0.1, 0.15) is 48.8 Å². The van der Waals surface area contributed by atoms with E-state index in [1.807, 2.05) is 0 Å². The number of benzene rings is 2. The third kappa shape index (κ3) is 2.21. The first kappa shape index (κ1) is 13.1. The van der Waals surface area contributed by atoms with Crippen LogP contribution in [0.25, 0.3) is 0 Å². The van der Waals surface area contributed by atoms with Crippen LogP contribution in [0.15, 0.2) is 48.5 Å². The largest absolute Gasteiger partial charge is 0.0620 e. The van der Waals surface area contributed by atoms with E-state index in [9.17, 15) is 0 Å². The van der Waals surface area contributed by atoms with Crippen LogP contribution in [-0.2, 0) is 18.3 Å². The lowest BCUT2D eigenvalue weighted by molar-refractivity contribution is 0.208. The zero-order valence-corrected chi connectivity index (χ0v) is 12.6. The van der Waals surface area contributed by atoms with Crippen LogP contribution in [0, 0.1) is 12.0 Å². The van der Waals surface area contributed by atoms with Gasteiger partial charge in [0.1, 0.15) is 0 Å². The molecule has 0 aliphatic heterocycles. The Kier molecular flexibility index (Phi) is 3.33. The minimum absolute atomic E-state index is 0.346. The van der Waals surface area contributed by atoms with Crippen LogP contribution >= 0.6 is 0 Å². The first-order chi connectivity index (χ1) is 10.4. The number of hydrogen-bond donors (Lipinski definition) is 0. The second-order valence-electron chi connectivity index (χ2n) is 6.90. The van der Waals surface area contributed by atoms with E-state index in [-0.39, 0.29) is 0 Å². The average Bonchev–Trinajstić information content (AvgIpc) is 2.97. The molecule has 107 valence electrons. The molecule has 1 fully saturated rings. The highest BCUT2D eigenvalue weighted by Crippen LogP contribution is 2.49. The van der Waals surface area contributed by atoms with Crippen LogP contribution in [0.3, 0.4) is 0 Å². The molecule has 0 nitrogen and oxygen atoms in total. The molecule has 0 atom stereocenters. The van der Waals surface area contributed by atoms with Gasteiger partial charge in [-0.05, 0) is 54.4 Å². The van der Waals surface area contributed by atoms with Gasteiger partial charge in [0.15, 0.2) is 0 Å². The summed E-state index contributed by atoms with van der Waals surface area (Å²) < 4.78 is 0. The van der Waals surface area contributed by atoms with Gasteiger partial charge in [0, 0.05) is 5.41 Å². The lowest BCUT2D eigenvalue weighted by atomic mass is 9.63. The van der Waals surface area contributed by atoms with Crippen LogP contribution in [0.4, 0.5) is 0 Å². The smallest absolute Gasteiger partial charge is 0.00620 e. The lowest BCUT2D eigenvalue weighted by Crippen LogP contribution is -2.37. The van der Waals surface area contributed by atoms with Crippen molar-refractivity contribution in [3.8, 4) is 0 Å². The van der Waals surface area contributed by atoms with Gasteiger partial charge in [-0.2, -0.15) is 0 Å². The summed E-state index contributed by atoms with van der Waals surface area (Å²) in [7, 11) is 0. The van der Waals surface area contributed by atoms with Gasteiger partial charge in [-0.1, -0.05) is 67.8 Å². The van der Waals surface area contributed by atoms with E-state index in [0.29, 0.717) is 5.41 Å². The highest BCUT2D eigenvalue weighted by atomic mass is 14.5. The molecule has 0 heteroatoms. The van der Waals surface area contributed by atoms with Gasteiger partial charge in [0.25, 0.3) is 0 Å². The van der Waals surface area contributed by atoms with E-state index < -0.39 is 0 Å². The molecule has 0 amide bonds. The Bertz CT molecular complexity index is 580. The summed E-state index contributed by atoms with van der Waals surface area (Å²) in [6.07, 6.45) is 9.56. The molecule has 21 heavy (non-hydrogen) atoms. The van der Waals surface area contributed by atoms with Crippen molar-refractivity contribution < 1.29 is 0 Å². The summed E-state index contributed by atoms with van der Waals surface area (Å²) in [6, 6.07) is 21.1. The van der Waals surface area contributed by atoms with Gasteiger partial charge in [-0.3, -0.25) is 0 Å². The average molecular weight is 275 g/mol. The number of rotatable bonds is 2. The van der Waals surface area contributed by atoms with E-state index in [1.54, 1.807) is 16.7 Å². The van der Waals surface area contributed by atoms with Crippen molar-refractivity contribution >= 4 is 0 Å². The lowest BCUT2D eigenvalue weighted by Gasteiger charge is -2.40. The van der Waals surface area contributed by atoms with E-state index in [0.717, 1.165) is 5.92 Å². The molecule has 2 aliphatic rings.